The van der Waals surface area contributed by atoms with Crippen LogP contribution in [-0.2, 0) is 4.79 Å². The van der Waals surface area contributed by atoms with E-state index < -0.39 is 0 Å². The molecule has 1 aliphatic rings. The lowest BCUT2D eigenvalue weighted by molar-refractivity contribution is -0.119. The van der Waals surface area contributed by atoms with Gasteiger partial charge in [-0.05, 0) is 17.7 Å². The quantitative estimate of drug-likeness (QED) is 0.723. The largest absolute Gasteiger partial charge is 0.388 e. The van der Waals surface area contributed by atoms with Gasteiger partial charge in [-0.15, -0.1) is 0 Å². The molecule has 2 rings (SSSR count). The van der Waals surface area contributed by atoms with Gasteiger partial charge in [-0.1, -0.05) is 6.07 Å². The standard InChI is InChI=1S/C11H12N2O/c14-11-3-5-13-10(7-11)6-9-2-1-4-12-8-9/h1-2,4,6,8,13H,3,5,7H2. The first kappa shape index (κ1) is 8.94. The zero-order valence-electron chi connectivity index (χ0n) is 7.86. The second kappa shape index (κ2) is 4.05. The van der Waals surface area contributed by atoms with E-state index in [9.17, 15) is 4.79 Å². The van der Waals surface area contributed by atoms with Crippen molar-refractivity contribution in [2.45, 2.75) is 12.8 Å². The SMILES string of the molecule is O=C1CCNC(=Cc2cccnc2)C1. The third-order valence-electron chi connectivity index (χ3n) is 2.17. The maximum atomic E-state index is 11.2. The number of piperidine rings is 1. The Hall–Kier alpha value is -1.64. The van der Waals surface area contributed by atoms with Crippen LogP contribution in [0.5, 0.6) is 0 Å². The lowest BCUT2D eigenvalue weighted by atomic mass is 10.1. The van der Waals surface area contributed by atoms with E-state index in [1.54, 1.807) is 12.4 Å². The van der Waals surface area contributed by atoms with E-state index in [1.807, 2.05) is 18.2 Å². The van der Waals surface area contributed by atoms with Crippen LogP contribution in [0.1, 0.15) is 18.4 Å². The summed E-state index contributed by atoms with van der Waals surface area (Å²) < 4.78 is 0. The molecule has 3 nitrogen and oxygen atoms in total. The van der Waals surface area contributed by atoms with Crippen molar-refractivity contribution < 1.29 is 4.79 Å². The Morgan fingerprint density at radius 2 is 2.43 bits per heavy atom. The molecule has 0 aliphatic carbocycles. The van der Waals surface area contributed by atoms with Crippen LogP contribution in [0.3, 0.4) is 0 Å². The molecule has 0 aromatic carbocycles. The number of hydrogen-bond acceptors (Lipinski definition) is 3. The number of carbonyl (C=O) groups excluding carboxylic acids is 1. The van der Waals surface area contributed by atoms with Crippen LogP contribution < -0.4 is 5.32 Å². The van der Waals surface area contributed by atoms with Gasteiger partial charge in [0.05, 0.1) is 0 Å². The molecule has 1 aromatic heterocycles. The average molecular weight is 188 g/mol. The van der Waals surface area contributed by atoms with Gasteiger partial charge in [-0.2, -0.15) is 0 Å². The summed E-state index contributed by atoms with van der Waals surface area (Å²) in [6.07, 6.45) is 6.67. The molecule has 0 amide bonds. The fourth-order valence-electron chi connectivity index (χ4n) is 1.49. The lowest BCUT2D eigenvalue weighted by Gasteiger charge is -2.15. The van der Waals surface area contributed by atoms with Crippen LogP contribution in [0.4, 0.5) is 0 Å². The molecule has 72 valence electrons. The van der Waals surface area contributed by atoms with Crippen molar-refractivity contribution in [2.24, 2.45) is 0 Å². The molecule has 2 heterocycles. The predicted molar refractivity (Wildman–Crippen MR) is 54.5 cm³/mol. The molecule has 0 atom stereocenters. The fourth-order valence-corrected chi connectivity index (χ4v) is 1.49. The van der Waals surface area contributed by atoms with E-state index in [0.717, 1.165) is 17.8 Å². The minimum atomic E-state index is 0.305. The van der Waals surface area contributed by atoms with Crippen molar-refractivity contribution in [2.75, 3.05) is 6.54 Å². The number of rotatable bonds is 1. The van der Waals surface area contributed by atoms with E-state index in [1.165, 1.54) is 0 Å². The number of aromatic nitrogens is 1. The number of Topliss-reactive ketones (excluding diaryl/α,β-unsaturated/α-hetero) is 1. The van der Waals surface area contributed by atoms with Gasteiger partial charge < -0.3 is 5.32 Å². The van der Waals surface area contributed by atoms with Crippen LogP contribution in [0.15, 0.2) is 30.2 Å². The lowest BCUT2D eigenvalue weighted by Crippen LogP contribution is -2.25. The zero-order chi connectivity index (χ0) is 9.80. The smallest absolute Gasteiger partial charge is 0.140 e. The van der Waals surface area contributed by atoms with Crippen LogP contribution in [-0.4, -0.2) is 17.3 Å². The number of allylic oxidation sites excluding steroid dienone is 1. The summed E-state index contributed by atoms with van der Waals surface area (Å²) in [5.74, 6) is 0.305. The topological polar surface area (TPSA) is 42.0 Å². The highest BCUT2D eigenvalue weighted by Gasteiger charge is 2.11. The molecule has 0 radical (unpaired) electrons. The maximum Gasteiger partial charge on any atom is 0.140 e. The van der Waals surface area contributed by atoms with Crippen molar-refractivity contribution in [3.63, 3.8) is 0 Å². The number of carbonyl (C=O) groups is 1. The van der Waals surface area contributed by atoms with E-state index in [0.29, 0.717) is 18.6 Å². The van der Waals surface area contributed by atoms with Crippen molar-refractivity contribution in [1.82, 2.24) is 10.3 Å². The second-order valence-electron chi connectivity index (χ2n) is 3.35. The molecule has 0 saturated carbocycles. The molecule has 1 aromatic rings. The number of ketones is 1. The molecular weight excluding hydrogens is 176 g/mol. The van der Waals surface area contributed by atoms with Gasteiger partial charge in [-0.3, -0.25) is 9.78 Å². The molecule has 1 N–H and O–H groups in total. The average Bonchev–Trinajstić information content (AvgIpc) is 2.19. The Balaban J connectivity index is 2.14. The van der Waals surface area contributed by atoms with Crippen LogP contribution in [0.25, 0.3) is 6.08 Å². The molecule has 0 spiro atoms. The first-order chi connectivity index (χ1) is 6.84. The molecule has 0 bridgehead atoms. The van der Waals surface area contributed by atoms with Gasteiger partial charge in [0, 0.05) is 37.5 Å². The van der Waals surface area contributed by atoms with Crippen molar-refractivity contribution >= 4 is 11.9 Å². The van der Waals surface area contributed by atoms with E-state index in [-0.39, 0.29) is 0 Å². The molecule has 3 heteroatoms. The Morgan fingerprint density at radius 3 is 3.14 bits per heavy atom. The normalized spacial score (nSPS) is 19.4. The molecule has 14 heavy (non-hydrogen) atoms. The number of hydrogen-bond donors (Lipinski definition) is 1. The Kier molecular flexibility index (Phi) is 2.58. The third kappa shape index (κ3) is 2.19. The monoisotopic (exact) mass is 188 g/mol. The van der Waals surface area contributed by atoms with Crippen molar-refractivity contribution in [3.05, 3.63) is 35.8 Å². The summed E-state index contributed by atoms with van der Waals surface area (Å²) in [5.41, 5.74) is 2.03. The Labute approximate surface area is 82.9 Å². The molecular formula is C11H12N2O. The minimum Gasteiger partial charge on any atom is -0.388 e. The minimum absolute atomic E-state index is 0.305. The molecule has 1 saturated heterocycles. The molecule has 0 unspecified atom stereocenters. The van der Waals surface area contributed by atoms with Crippen molar-refractivity contribution in [3.8, 4) is 0 Å². The highest BCUT2D eigenvalue weighted by atomic mass is 16.1. The molecule has 1 aliphatic heterocycles. The van der Waals surface area contributed by atoms with Gasteiger partial charge in [0.2, 0.25) is 0 Å². The number of nitrogens with zero attached hydrogens (tertiary/aromatic N) is 1. The summed E-state index contributed by atoms with van der Waals surface area (Å²) >= 11 is 0. The Bertz CT molecular complexity index is 357. The Morgan fingerprint density at radius 1 is 1.50 bits per heavy atom. The summed E-state index contributed by atoms with van der Waals surface area (Å²) in [4.78, 5) is 15.2. The first-order valence-corrected chi connectivity index (χ1v) is 4.71. The van der Waals surface area contributed by atoms with E-state index >= 15 is 0 Å². The van der Waals surface area contributed by atoms with Gasteiger partial charge in [0.15, 0.2) is 0 Å². The summed E-state index contributed by atoms with van der Waals surface area (Å²) in [6.45, 7) is 0.755. The predicted octanol–water partition coefficient (Wildman–Crippen LogP) is 1.38. The first-order valence-electron chi connectivity index (χ1n) is 4.71. The van der Waals surface area contributed by atoms with Gasteiger partial charge in [0.25, 0.3) is 0 Å². The van der Waals surface area contributed by atoms with Crippen LogP contribution in [0.2, 0.25) is 0 Å². The summed E-state index contributed by atoms with van der Waals surface area (Å²) in [6, 6.07) is 3.86. The third-order valence-corrected chi connectivity index (χ3v) is 2.17. The van der Waals surface area contributed by atoms with Gasteiger partial charge in [0.1, 0.15) is 5.78 Å². The number of pyridine rings is 1. The van der Waals surface area contributed by atoms with Gasteiger partial charge >= 0.3 is 0 Å². The fraction of sp³-hybridized carbons (Fsp3) is 0.273. The highest BCUT2D eigenvalue weighted by molar-refractivity contribution is 5.83. The van der Waals surface area contributed by atoms with E-state index in [2.05, 4.69) is 10.3 Å². The van der Waals surface area contributed by atoms with Crippen molar-refractivity contribution in [1.29, 1.82) is 0 Å². The number of nitrogens with one attached hydrogen (secondary N) is 1. The van der Waals surface area contributed by atoms with Crippen LogP contribution in [0, 0.1) is 0 Å². The summed E-state index contributed by atoms with van der Waals surface area (Å²) in [7, 11) is 0. The maximum absolute atomic E-state index is 11.2. The van der Waals surface area contributed by atoms with Crippen LogP contribution >= 0.6 is 0 Å². The van der Waals surface area contributed by atoms with Gasteiger partial charge in [-0.25, -0.2) is 0 Å². The summed E-state index contributed by atoms with van der Waals surface area (Å²) in [5, 5.41) is 3.21. The molecule has 1 fully saturated rings. The second-order valence-corrected chi connectivity index (χ2v) is 3.35. The zero-order valence-corrected chi connectivity index (χ0v) is 7.86. The highest BCUT2D eigenvalue weighted by Crippen LogP contribution is 2.11. The van der Waals surface area contributed by atoms with E-state index in [4.69, 9.17) is 0 Å².